The Hall–Kier alpha value is -2.58. The highest BCUT2D eigenvalue weighted by atomic mass is 16.5. The summed E-state index contributed by atoms with van der Waals surface area (Å²) >= 11 is 0. The van der Waals surface area contributed by atoms with Gasteiger partial charge in [0.05, 0.1) is 0 Å². The predicted octanol–water partition coefficient (Wildman–Crippen LogP) is 2.31. The van der Waals surface area contributed by atoms with Crippen LogP contribution in [0.1, 0.15) is 11.1 Å². The summed E-state index contributed by atoms with van der Waals surface area (Å²) in [6.07, 6.45) is 1.61. The fraction of sp³-hybridized carbons (Fsp3) is 0.294. The number of pyridine rings is 1. The second kappa shape index (κ2) is 8.65. The first-order valence-electron chi connectivity index (χ1n) is 7.18. The Bertz CT molecular complexity index is 638. The molecule has 0 fully saturated rings. The molecule has 0 spiro atoms. The van der Waals surface area contributed by atoms with Gasteiger partial charge in [-0.05, 0) is 30.7 Å². The molecule has 1 N–H and O–H groups in total. The van der Waals surface area contributed by atoms with Crippen molar-refractivity contribution in [1.82, 2.24) is 10.3 Å². The first kappa shape index (κ1) is 15.8. The molecule has 0 aliphatic heterocycles. The molecule has 22 heavy (non-hydrogen) atoms. The van der Waals surface area contributed by atoms with Gasteiger partial charge in [0, 0.05) is 19.3 Å². The minimum absolute atomic E-state index is 0.378. The van der Waals surface area contributed by atoms with Gasteiger partial charge in [0.25, 0.3) is 0 Å². The van der Waals surface area contributed by atoms with E-state index in [1.807, 2.05) is 31.2 Å². The Morgan fingerprint density at radius 3 is 2.64 bits per heavy atom. The molecular weight excluding hydrogens is 278 g/mol. The van der Waals surface area contributed by atoms with Gasteiger partial charge in [0.15, 0.2) is 0 Å². The molecule has 0 bridgehead atoms. The number of hydrogen-bond acceptors (Lipinski definition) is 5. The fourth-order valence-corrected chi connectivity index (χ4v) is 1.89. The lowest BCUT2D eigenvalue weighted by Crippen LogP contribution is -2.26. The molecule has 0 amide bonds. The van der Waals surface area contributed by atoms with Crippen molar-refractivity contribution in [3.05, 3.63) is 53.7 Å². The first-order valence-corrected chi connectivity index (χ1v) is 7.18. The second-order valence-corrected chi connectivity index (χ2v) is 4.68. The number of hydrogen-bond donors (Lipinski definition) is 1. The second-order valence-electron chi connectivity index (χ2n) is 4.68. The number of nitrogens with one attached hydrogen (secondary N) is 1. The maximum atomic E-state index is 8.92. The molecule has 0 unspecified atom stereocenters. The van der Waals surface area contributed by atoms with Crippen LogP contribution in [0.15, 0.2) is 42.6 Å². The number of nitriles is 1. The Morgan fingerprint density at radius 1 is 1.09 bits per heavy atom. The van der Waals surface area contributed by atoms with Crippen LogP contribution in [-0.4, -0.2) is 31.3 Å². The summed E-state index contributed by atoms with van der Waals surface area (Å²) in [6.45, 7) is 4.47. The molecule has 5 heteroatoms. The summed E-state index contributed by atoms with van der Waals surface area (Å²) in [5.41, 5.74) is 1.58. The maximum Gasteiger partial charge on any atom is 0.231 e. The molecule has 0 atom stereocenters. The van der Waals surface area contributed by atoms with Gasteiger partial charge in [-0.2, -0.15) is 5.26 Å². The highest BCUT2D eigenvalue weighted by Crippen LogP contribution is 2.15. The summed E-state index contributed by atoms with van der Waals surface area (Å²) in [7, 11) is 0. The van der Waals surface area contributed by atoms with Crippen LogP contribution < -0.4 is 14.8 Å². The number of benzene rings is 1. The van der Waals surface area contributed by atoms with E-state index in [0.717, 1.165) is 17.9 Å². The zero-order valence-corrected chi connectivity index (χ0v) is 12.6. The molecule has 114 valence electrons. The standard InChI is InChI=1S/C17H19N3O2/c1-14-5-2-3-7-16(14)21-11-9-19-10-12-22-17-15(13-18)6-4-8-20-17/h2-8,19H,9-12H2,1H3. The maximum absolute atomic E-state index is 8.92. The normalized spacial score (nSPS) is 10.0. The average Bonchev–Trinajstić information content (AvgIpc) is 2.56. The minimum Gasteiger partial charge on any atom is -0.492 e. The molecule has 0 radical (unpaired) electrons. The first-order chi connectivity index (χ1) is 10.8. The van der Waals surface area contributed by atoms with Gasteiger partial charge >= 0.3 is 0 Å². The van der Waals surface area contributed by atoms with E-state index in [2.05, 4.69) is 16.4 Å². The number of para-hydroxylation sites is 1. The van der Waals surface area contributed by atoms with E-state index in [9.17, 15) is 0 Å². The van der Waals surface area contributed by atoms with Crippen LogP contribution in [0.25, 0.3) is 0 Å². The van der Waals surface area contributed by atoms with Gasteiger partial charge in [-0.1, -0.05) is 18.2 Å². The topological polar surface area (TPSA) is 67.2 Å². The van der Waals surface area contributed by atoms with Crippen LogP contribution in [0.2, 0.25) is 0 Å². The molecular formula is C17H19N3O2. The molecule has 2 rings (SSSR count). The SMILES string of the molecule is Cc1ccccc1OCCNCCOc1ncccc1C#N. The van der Waals surface area contributed by atoms with Crippen LogP contribution in [0.5, 0.6) is 11.6 Å². The number of aryl methyl sites for hydroxylation is 1. The van der Waals surface area contributed by atoms with Gasteiger partial charge in [-0.15, -0.1) is 0 Å². The molecule has 0 saturated carbocycles. The molecule has 0 saturated heterocycles. The summed E-state index contributed by atoms with van der Waals surface area (Å²) in [5, 5.41) is 12.1. The predicted molar refractivity (Wildman–Crippen MR) is 84.0 cm³/mol. The third-order valence-corrected chi connectivity index (χ3v) is 3.04. The highest BCUT2D eigenvalue weighted by Gasteiger charge is 2.02. The lowest BCUT2D eigenvalue weighted by atomic mass is 10.2. The van der Waals surface area contributed by atoms with Gasteiger partial charge in [0.2, 0.25) is 5.88 Å². The van der Waals surface area contributed by atoms with Crippen LogP contribution in [-0.2, 0) is 0 Å². The van der Waals surface area contributed by atoms with E-state index in [1.54, 1.807) is 18.3 Å². The molecule has 0 aliphatic rings. The summed E-state index contributed by atoms with van der Waals surface area (Å²) in [6, 6.07) is 13.4. The number of aromatic nitrogens is 1. The third kappa shape index (κ3) is 4.76. The van der Waals surface area contributed by atoms with Crippen LogP contribution in [0.4, 0.5) is 0 Å². The Kier molecular flexibility index (Phi) is 6.21. The van der Waals surface area contributed by atoms with Crippen molar-refractivity contribution in [3.63, 3.8) is 0 Å². The Balaban J connectivity index is 1.60. The van der Waals surface area contributed by atoms with Crippen molar-refractivity contribution in [2.24, 2.45) is 0 Å². The Morgan fingerprint density at radius 2 is 1.86 bits per heavy atom. The van der Waals surface area contributed by atoms with E-state index >= 15 is 0 Å². The van der Waals surface area contributed by atoms with E-state index in [1.165, 1.54) is 0 Å². The molecule has 1 aromatic heterocycles. The number of nitrogens with zero attached hydrogens (tertiary/aromatic N) is 2. The van der Waals surface area contributed by atoms with Crippen molar-refractivity contribution in [3.8, 4) is 17.7 Å². The van der Waals surface area contributed by atoms with Gasteiger partial charge in [-0.3, -0.25) is 0 Å². The van der Waals surface area contributed by atoms with Crippen LogP contribution >= 0.6 is 0 Å². The molecule has 5 nitrogen and oxygen atoms in total. The lowest BCUT2D eigenvalue weighted by Gasteiger charge is -2.10. The lowest BCUT2D eigenvalue weighted by molar-refractivity contribution is 0.282. The smallest absolute Gasteiger partial charge is 0.231 e. The summed E-state index contributed by atoms with van der Waals surface area (Å²) < 4.78 is 11.2. The molecule has 1 heterocycles. The van der Waals surface area contributed by atoms with Crippen molar-refractivity contribution in [2.45, 2.75) is 6.92 Å². The molecule has 1 aromatic carbocycles. The summed E-state index contributed by atoms with van der Waals surface area (Å²) in [5.74, 6) is 1.29. The van der Waals surface area contributed by atoms with Gasteiger partial charge < -0.3 is 14.8 Å². The van der Waals surface area contributed by atoms with E-state index in [-0.39, 0.29) is 0 Å². The van der Waals surface area contributed by atoms with Crippen molar-refractivity contribution >= 4 is 0 Å². The van der Waals surface area contributed by atoms with E-state index in [0.29, 0.717) is 31.2 Å². The number of rotatable bonds is 8. The average molecular weight is 297 g/mol. The van der Waals surface area contributed by atoms with E-state index < -0.39 is 0 Å². The third-order valence-electron chi connectivity index (χ3n) is 3.04. The largest absolute Gasteiger partial charge is 0.492 e. The van der Waals surface area contributed by atoms with E-state index in [4.69, 9.17) is 14.7 Å². The Labute approximate surface area is 130 Å². The van der Waals surface area contributed by atoms with Gasteiger partial charge in [0.1, 0.15) is 30.6 Å². The number of ether oxygens (including phenoxy) is 2. The highest BCUT2D eigenvalue weighted by molar-refractivity contribution is 5.36. The van der Waals surface area contributed by atoms with Crippen LogP contribution in [0.3, 0.4) is 0 Å². The summed E-state index contributed by atoms with van der Waals surface area (Å²) in [4.78, 5) is 4.04. The van der Waals surface area contributed by atoms with Gasteiger partial charge in [-0.25, -0.2) is 4.98 Å². The minimum atomic E-state index is 0.378. The van der Waals surface area contributed by atoms with Crippen molar-refractivity contribution in [1.29, 1.82) is 5.26 Å². The van der Waals surface area contributed by atoms with Crippen LogP contribution in [0, 0.1) is 18.3 Å². The monoisotopic (exact) mass is 297 g/mol. The zero-order chi connectivity index (χ0) is 15.6. The zero-order valence-electron chi connectivity index (χ0n) is 12.6. The van der Waals surface area contributed by atoms with Crippen molar-refractivity contribution in [2.75, 3.05) is 26.3 Å². The molecule has 0 aliphatic carbocycles. The quantitative estimate of drug-likeness (QED) is 0.757. The molecule has 2 aromatic rings. The van der Waals surface area contributed by atoms with Crippen molar-refractivity contribution < 1.29 is 9.47 Å². The fourth-order valence-electron chi connectivity index (χ4n) is 1.89.